The van der Waals surface area contributed by atoms with Crippen LogP contribution in [0.3, 0.4) is 0 Å². The monoisotopic (exact) mass is 854 g/mol. The Hall–Kier alpha value is -2.66. The van der Waals surface area contributed by atoms with Crippen molar-refractivity contribution in [2.24, 2.45) is 0 Å². The Bertz CT molecular complexity index is 1270. The van der Waals surface area contributed by atoms with Crippen LogP contribution in [-0.2, 0) is 72.2 Å². The van der Waals surface area contributed by atoms with Gasteiger partial charge in [-0.05, 0) is 0 Å². The third kappa shape index (κ3) is 5.30. The quantitative estimate of drug-likeness (QED) is 0.197. The summed E-state index contributed by atoms with van der Waals surface area (Å²) in [4.78, 5) is 30.7. The number of esters is 1. The number of aliphatic carboxylic acids is 2. The zero-order valence-electron chi connectivity index (χ0n) is 18.9. The van der Waals surface area contributed by atoms with Crippen LogP contribution in [0.1, 0.15) is 40.9 Å². The van der Waals surface area contributed by atoms with Gasteiger partial charge in [-0.1, -0.05) is 0 Å². The number of carbonyl (C=O) groups excluding carboxylic acids is 1. The molecule has 3 aromatic carbocycles. The first kappa shape index (κ1) is 26.9. The number of ether oxygens (including phenoxy) is 2. The molecule has 2 heterocycles. The Kier molecular flexibility index (Phi) is 8.10. The van der Waals surface area contributed by atoms with E-state index >= 15 is 0 Å². The molecule has 0 unspecified atom stereocenters. The summed E-state index contributed by atoms with van der Waals surface area (Å²) in [6.07, 6.45) is 0. The molecule has 3 aromatic rings. The Morgan fingerprint density at radius 3 is 1.69 bits per heavy atom. The van der Waals surface area contributed by atoms with Crippen molar-refractivity contribution in [1.29, 1.82) is 0 Å². The van der Waals surface area contributed by atoms with Crippen LogP contribution in [0.25, 0.3) is 0 Å². The van der Waals surface area contributed by atoms with Crippen molar-refractivity contribution in [3.05, 3.63) is 70.8 Å². The van der Waals surface area contributed by atoms with Gasteiger partial charge in [0.15, 0.2) is 0 Å². The Balaban J connectivity index is 0.000000376. The summed E-state index contributed by atoms with van der Waals surface area (Å²) in [6.45, 7) is 2.17. The second kappa shape index (κ2) is 10.5. The fourth-order valence-corrected chi connectivity index (χ4v) is 6.21. The fourth-order valence-electron chi connectivity index (χ4n) is 3.83. The maximum absolute atomic E-state index is 12.7. The molecule has 0 amide bonds. The molecule has 0 saturated heterocycles. The number of carboxylic acid groups (broad SMARTS) is 2. The van der Waals surface area contributed by atoms with Gasteiger partial charge in [0.25, 0.3) is 11.9 Å². The minimum absolute atomic E-state index is 0.175. The number of rotatable bonds is 0. The number of hydrogen-bond donors (Lipinski definition) is 4. The first-order valence-electron chi connectivity index (χ1n) is 10.2. The van der Waals surface area contributed by atoms with E-state index in [4.69, 9.17) is 29.3 Å². The van der Waals surface area contributed by atoms with E-state index < -0.39 is 17.5 Å². The van der Waals surface area contributed by atoms with Crippen molar-refractivity contribution in [3.63, 3.8) is 0 Å². The van der Waals surface area contributed by atoms with Gasteiger partial charge in [-0.2, -0.15) is 0 Å². The van der Waals surface area contributed by atoms with E-state index in [9.17, 15) is 15.0 Å². The van der Waals surface area contributed by atoms with E-state index in [0.29, 0.717) is 17.1 Å². The molecule has 2 aliphatic rings. The molecule has 11 heteroatoms. The van der Waals surface area contributed by atoms with Crippen molar-refractivity contribution in [2.75, 3.05) is 0 Å². The molecule has 4 N–H and O–H groups in total. The Morgan fingerprint density at radius 1 is 0.800 bits per heavy atom. The van der Waals surface area contributed by atoms with Crippen LogP contribution in [0, 0.1) is 0 Å². The van der Waals surface area contributed by atoms with Crippen LogP contribution in [-0.4, -0.2) is 38.3 Å². The van der Waals surface area contributed by atoms with Crippen molar-refractivity contribution in [1.82, 2.24) is 0 Å². The molecular formula is C24H18Hg2O9. The third-order valence-corrected chi connectivity index (χ3v) is 9.52. The van der Waals surface area contributed by atoms with Crippen molar-refractivity contribution >= 4 is 24.1 Å². The van der Waals surface area contributed by atoms with Gasteiger partial charge in [-0.15, -0.1) is 0 Å². The van der Waals surface area contributed by atoms with E-state index in [1.807, 2.05) is 30.3 Å². The zero-order chi connectivity index (χ0) is 26.1. The van der Waals surface area contributed by atoms with Gasteiger partial charge >= 0.3 is 188 Å². The van der Waals surface area contributed by atoms with Gasteiger partial charge in [-0.25, -0.2) is 0 Å². The van der Waals surface area contributed by atoms with Gasteiger partial charge in [0.05, 0.1) is 0 Å². The van der Waals surface area contributed by atoms with Crippen LogP contribution >= 0.6 is 0 Å². The number of carboxylic acids is 2. The molecule has 0 bridgehead atoms. The molecule has 172 valence electrons. The van der Waals surface area contributed by atoms with Crippen LogP contribution in [0.5, 0.6) is 23.0 Å². The average Bonchev–Trinajstić information content (AvgIpc) is 3.04. The van der Waals surface area contributed by atoms with Crippen molar-refractivity contribution in [2.45, 2.75) is 19.4 Å². The standard InChI is InChI=1S/C20H10O5.2C2H4O2.2Hg/c21-11-5-7-15-17(9-11)24-18-10-12(22)6-8-16(18)20(15)14-4-2-1-3-13(14)19(23)25-20;2*1-2(3)4;;/h1-4,7-10,21-22H;2*1H3,(H,3,4);;. The summed E-state index contributed by atoms with van der Waals surface area (Å²) in [5.74, 6) is -0.821. The number of carbonyl (C=O) groups is 3. The number of aromatic hydroxyl groups is 2. The fraction of sp³-hybridized carbons (Fsp3) is 0.125. The Labute approximate surface area is 232 Å². The van der Waals surface area contributed by atoms with Crippen LogP contribution < -0.4 is 10.9 Å². The first-order chi connectivity index (χ1) is 16.4. The molecule has 0 aromatic heterocycles. The van der Waals surface area contributed by atoms with Gasteiger partial charge in [0.1, 0.15) is 0 Å². The average molecular weight is 852 g/mol. The molecule has 0 fully saturated rings. The number of phenols is 2. The van der Waals surface area contributed by atoms with Crippen molar-refractivity contribution in [3.8, 4) is 23.0 Å². The van der Waals surface area contributed by atoms with E-state index in [-0.39, 0.29) is 69.7 Å². The van der Waals surface area contributed by atoms with Gasteiger partial charge in [0.2, 0.25) is 0 Å². The van der Waals surface area contributed by atoms with E-state index in [1.54, 1.807) is 18.2 Å². The summed E-state index contributed by atoms with van der Waals surface area (Å²) >= 11 is 0.349. The molecule has 5 rings (SSSR count). The molecule has 35 heavy (non-hydrogen) atoms. The third-order valence-electron chi connectivity index (χ3n) is 5.11. The van der Waals surface area contributed by atoms with Crippen LogP contribution in [0.2, 0.25) is 0 Å². The number of phenolic OH excluding ortho intramolecular Hbond substituents is 2. The molecule has 9 nitrogen and oxygen atoms in total. The predicted molar refractivity (Wildman–Crippen MR) is 114 cm³/mol. The summed E-state index contributed by atoms with van der Waals surface area (Å²) in [6, 6.07) is 14.3. The summed E-state index contributed by atoms with van der Waals surface area (Å²) in [5, 5.41) is 35.3. The van der Waals surface area contributed by atoms with Crippen molar-refractivity contribution < 1.29 is 96.5 Å². The van der Waals surface area contributed by atoms with Crippen LogP contribution in [0.15, 0.2) is 48.5 Å². The zero-order valence-corrected chi connectivity index (χ0v) is 29.9. The van der Waals surface area contributed by atoms with Gasteiger partial charge < -0.3 is 10.2 Å². The summed E-state index contributed by atoms with van der Waals surface area (Å²) in [7, 11) is 0. The second-order valence-corrected chi connectivity index (χ2v) is 13.6. The van der Waals surface area contributed by atoms with Gasteiger partial charge in [-0.3, -0.25) is 9.59 Å². The second-order valence-electron chi connectivity index (χ2n) is 7.71. The number of hydrogen-bond acceptors (Lipinski definition) is 7. The minimum atomic E-state index is -1.12. The van der Waals surface area contributed by atoms with E-state index in [1.165, 1.54) is 0 Å². The van der Waals surface area contributed by atoms with Gasteiger partial charge in [0, 0.05) is 13.8 Å². The first-order valence-corrected chi connectivity index (χ1v) is 15.7. The molecule has 1 spiro atoms. The molecule has 0 atom stereocenters. The number of benzene rings is 3. The summed E-state index contributed by atoms with van der Waals surface area (Å²) in [5.41, 5.74) is 1.60. The predicted octanol–water partition coefficient (Wildman–Crippen LogP) is 2.19. The molecule has 2 aliphatic heterocycles. The molecule has 0 aliphatic carbocycles. The van der Waals surface area contributed by atoms with E-state index in [2.05, 4.69) is 0 Å². The topological polar surface area (TPSA) is 151 Å². The number of fused-ring (bicyclic) bond motifs is 6. The Morgan fingerprint density at radius 2 is 1.23 bits per heavy atom. The normalized spacial score (nSPS) is 13.5. The summed E-state index contributed by atoms with van der Waals surface area (Å²) < 4.78 is 13.8. The molecule has 0 radical (unpaired) electrons. The molecular weight excluding hydrogens is 833 g/mol. The van der Waals surface area contributed by atoms with E-state index in [0.717, 1.165) is 36.7 Å². The SMILES string of the molecule is CC(=O)O.CC(=O)O.O=C1OC2(c3c[c]([Hg])c(O)cc3Oc3cc(O)[c]([Hg])cc32)c2ccccc21. The molecule has 0 saturated carbocycles. The maximum atomic E-state index is 12.7. The van der Waals surface area contributed by atoms with Crippen LogP contribution in [0.4, 0.5) is 0 Å².